The van der Waals surface area contributed by atoms with E-state index in [9.17, 15) is 14.4 Å². The molecule has 142 valence electrons. The number of ether oxygens (including phenoxy) is 1. The molecule has 2 amide bonds. The van der Waals surface area contributed by atoms with E-state index in [1.807, 2.05) is 6.92 Å². The number of ketones is 1. The number of hydrogen-bond acceptors (Lipinski definition) is 5. The standard InChI is InChI=1S/C19H27N3O4/c1-6-9-15(21-18(25)26-19(3,4)5)17(24)22(13-11-14(2)23)16-10-7-8-12-20-16/h7-8,10-13,15H,6,9H2,1-5H3,(H,21,25). The van der Waals surface area contributed by atoms with Gasteiger partial charge in [-0.2, -0.15) is 0 Å². The van der Waals surface area contributed by atoms with E-state index in [2.05, 4.69) is 10.3 Å². The zero-order valence-corrected chi connectivity index (χ0v) is 16.0. The maximum atomic E-state index is 13.0. The maximum absolute atomic E-state index is 13.0. The molecule has 0 saturated carbocycles. The first-order valence-electron chi connectivity index (χ1n) is 8.56. The third-order valence-corrected chi connectivity index (χ3v) is 3.16. The number of hydrogen-bond donors (Lipinski definition) is 1. The van der Waals surface area contributed by atoms with Crippen LogP contribution in [0.25, 0.3) is 0 Å². The van der Waals surface area contributed by atoms with Gasteiger partial charge >= 0.3 is 6.09 Å². The Bertz CT molecular complexity index is 650. The molecule has 1 N–H and O–H groups in total. The molecule has 1 rings (SSSR count). The molecule has 7 heteroatoms. The summed E-state index contributed by atoms with van der Waals surface area (Å²) in [5.41, 5.74) is -0.668. The molecule has 0 bridgehead atoms. The van der Waals surface area contributed by atoms with E-state index in [1.54, 1.807) is 45.2 Å². The van der Waals surface area contributed by atoms with Crippen LogP contribution in [0.3, 0.4) is 0 Å². The zero-order valence-electron chi connectivity index (χ0n) is 16.0. The molecule has 0 aromatic carbocycles. The number of nitrogens with one attached hydrogen (secondary N) is 1. The predicted octanol–water partition coefficient (Wildman–Crippen LogP) is 3.21. The number of carbonyl (C=O) groups excluding carboxylic acids is 3. The van der Waals surface area contributed by atoms with E-state index in [0.717, 1.165) is 0 Å². The van der Waals surface area contributed by atoms with E-state index in [0.29, 0.717) is 18.7 Å². The summed E-state index contributed by atoms with van der Waals surface area (Å²) in [7, 11) is 0. The Morgan fingerprint density at radius 2 is 2.00 bits per heavy atom. The molecule has 0 radical (unpaired) electrons. The highest BCUT2D eigenvalue weighted by Gasteiger charge is 2.28. The van der Waals surface area contributed by atoms with Crippen LogP contribution < -0.4 is 10.2 Å². The van der Waals surface area contributed by atoms with E-state index in [4.69, 9.17) is 4.74 Å². The summed E-state index contributed by atoms with van der Waals surface area (Å²) < 4.78 is 5.24. The number of allylic oxidation sites excluding steroid dienone is 1. The lowest BCUT2D eigenvalue weighted by Gasteiger charge is -2.26. The minimum absolute atomic E-state index is 0.203. The van der Waals surface area contributed by atoms with Gasteiger partial charge in [0, 0.05) is 12.4 Å². The van der Waals surface area contributed by atoms with Crippen molar-refractivity contribution >= 4 is 23.6 Å². The first-order valence-corrected chi connectivity index (χ1v) is 8.56. The number of anilines is 1. The van der Waals surface area contributed by atoms with Gasteiger partial charge < -0.3 is 10.1 Å². The van der Waals surface area contributed by atoms with Crippen LogP contribution in [0.2, 0.25) is 0 Å². The Hall–Kier alpha value is -2.70. The number of rotatable bonds is 7. The van der Waals surface area contributed by atoms with E-state index >= 15 is 0 Å². The molecule has 0 aliphatic heterocycles. The van der Waals surface area contributed by atoms with Crippen LogP contribution in [-0.4, -0.2) is 34.4 Å². The second kappa shape index (κ2) is 9.70. The first kappa shape index (κ1) is 21.3. The van der Waals surface area contributed by atoms with Crippen molar-refractivity contribution in [3.63, 3.8) is 0 Å². The van der Waals surface area contributed by atoms with Crippen LogP contribution >= 0.6 is 0 Å². The van der Waals surface area contributed by atoms with Gasteiger partial charge in [0.25, 0.3) is 5.91 Å². The zero-order chi connectivity index (χ0) is 19.7. The van der Waals surface area contributed by atoms with Crippen LogP contribution in [0.4, 0.5) is 10.6 Å². The van der Waals surface area contributed by atoms with Gasteiger partial charge in [0.05, 0.1) is 0 Å². The number of carbonyl (C=O) groups is 3. The molecule has 0 aliphatic carbocycles. The molecule has 1 atom stereocenters. The van der Waals surface area contributed by atoms with Crippen molar-refractivity contribution in [2.45, 2.75) is 59.1 Å². The molecule has 1 unspecified atom stereocenters. The summed E-state index contributed by atoms with van der Waals surface area (Å²) in [4.78, 5) is 41.8. The Balaban J connectivity index is 3.06. The van der Waals surface area contributed by atoms with Gasteiger partial charge in [0.2, 0.25) is 0 Å². The summed E-state index contributed by atoms with van der Waals surface area (Å²) in [6.45, 7) is 8.55. The van der Waals surface area contributed by atoms with Gasteiger partial charge in [-0.05, 0) is 52.3 Å². The topological polar surface area (TPSA) is 88.6 Å². The predicted molar refractivity (Wildman–Crippen MR) is 99.6 cm³/mol. The van der Waals surface area contributed by atoms with Crippen molar-refractivity contribution in [1.29, 1.82) is 0 Å². The number of nitrogens with zero attached hydrogens (tertiary/aromatic N) is 2. The SMILES string of the molecule is CCCC(NC(=O)OC(C)(C)C)C(=O)N(C=CC(C)=O)c1ccccn1. The Morgan fingerprint density at radius 1 is 1.31 bits per heavy atom. The molecule has 0 saturated heterocycles. The largest absolute Gasteiger partial charge is 0.444 e. The number of amides is 2. The van der Waals surface area contributed by atoms with Gasteiger partial charge in [-0.3, -0.25) is 14.5 Å². The summed E-state index contributed by atoms with van der Waals surface area (Å²) in [6.07, 6.45) is 4.64. The molecule has 0 spiro atoms. The average Bonchev–Trinajstić information content (AvgIpc) is 2.53. The van der Waals surface area contributed by atoms with Crippen molar-refractivity contribution in [2.75, 3.05) is 4.90 Å². The molecule has 26 heavy (non-hydrogen) atoms. The summed E-state index contributed by atoms with van der Waals surface area (Å²) in [5.74, 6) is -0.234. The second-order valence-corrected chi connectivity index (χ2v) is 6.81. The van der Waals surface area contributed by atoms with Crippen LogP contribution in [-0.2, 0) is 14.3 Å². The quantitative estimate of drug-likeness (QED) is 0.753. The fourth-order valence-electron chi connectivity index (χ4n) is 2.10. The monoisotopic (exact) mass is 361 g/mol. The van der Waals surface area contributed by atoms with Gasteiger partial charge in [-0.1, -0.05) is 19.4 Å². The summed E-state index contributed by atoms with van der Waals surface area (Å²) in [5, 5.41) is 2.61. The minimum atomic E-state index is -0.798. The average molecular weight is 361 g/mol. The number of alkyl carbamates (subject to hydrolysis) is 1. The molecule has 1 aromatic heterocycles. The Morgan fingerprint density at radius 3 is 2.50 bits per heavy atom. The lowest BCUT2D eigenvalue weighted by atomic mass is 10.1. The van der Waals surface area contributed by atoms with Crippen LogP contribution in [0.5, 0.6) is 0 Å². The molecule has 1 aromatic rings. The Labute approximate surface area is 154 Å². The van der Waals surface area contributed by atoms with E-state index < -0.39 is 23.6 Å². The maximum Gasteiger partial charge on any atom is 0.408 e. The fourth-order valence-corrected chi connectivity index (χ4v) is 2.10. The highest BCUT2D eigenvalue weighted by Crippen LogP contribution is 2.15. The highest BCUT2D eigenvalue weighted by atomic mass is 16.6. The smallest absolute Gasteiger partial charge is 0.408 e. The number of aromatic nitrogens is 1. The minimum Gasteiger partial charge on any atom is -0.444 e. The van der Waals surface area contributed by atoms with Gasteiger partial charge in [-0.15, -0.1) is 0 Å². The first-order chi connectivity index (χ1) is 12.1. The van der Waals surface area contributed by atoms with Crippen LogP contribution in [0.1, 0.15) is 47.5 Å². The normalized spacial score (nSPS) is 12.5. The lowest BCUT2D eigenvalue weighted by molar-refractivity contribution is -0.120. The van der Waals surface area contributed by atoms with Gasteiger partial charge in [-0.25, -0.2) is 9.78 Å². The highest BCUT2D eigenvalue weighted by molar-refractivity contribution is 6.00. The summed E-state index contributed by atoms with van der Waals surface area (Å²) >= 11 is 0. The van der Waals surface area contributed by atoms with E-state index in [1.165, 1.54) is 24.1 Å². The van der Waals surface area contributed by atoms with E-state index in [-0.39, 0.29) is 5.78 Å². The Kier molecular flexibility index (Phi) is 7.96. The molecule has 1 heterocycles. The third-order valence-electron chi connectivity index (χ3n) is 3.16. The van der Waals surface area contributed by atoms with Gasteiger partial charge in [0.1, 0.15) is 17.5 Å². The van der Waals surface area contributed by atoms with Crippen molar-refractivity contribution in [3.8, 4) is 0 Å². The van der Waals surface area contributed by atoms with Crippen molar-refractivity contribution in [1.82, 2.24) is 10.3 Å². The van der Waals surface area contributed by atoms with Crippen molar-refractivity contribution in [3.05, 3.63) is 36.7 Å². The molecule has 7 nitrogen and oxygen atoms in total. The van der Waals surface area contributed by atoms with Crippen LogP contribution in [0.15, 0.2) is 36.7 Å². The molecular weight excluding hydrogens is 334 g/mol. The molecule has 0 aliphatic rings. The molecular formula is C19H27N3O4. The van der Waals surface area contributed by atoms with Crippen molar-refractivity contribution < 1.29 is 19.1 Å². The molecule has 0 fully saturated rings. The van der Waals surface area contributed by atoms with Crippen molar-refractivity contribution in [2.24, 2.45) is 0 Å². The number of pyridine rings is 1. The van der Waals surface area contributed by atoms with Gasteiger partial charge in [0.15, 0.2) is 5.78 Å². The second-order valence-electron chi connectivity index (χ2n) is 6.81. The fraction of sp³-hybridized carbons (Fsp3) is 0.474. The summed E-state index contributed by atoms with van der Waals surface area (Å²) in [6, 6.07) is 4.32. The van der Waals surface area contributed by atoms with Crippen LogP contribution in [0, 0.1) is 0 Å². The third kappa shape index (κ3) is 7.46. The lowest BCUT2D eigenvalue weighted by Crippen LogP contribution is -2.48.